The minimum atomic E-state index is -0.802. The number of carbonyl (C=O) groups is 3. The Hall–Kier alpha value is -3.78. The predicted molar refractivity (Wildman–Crippen MR) is 128 cm³/mol. The van der Waals surface area contributed by atoms with Crippen molar-refractivity contribution in [3.63, 3.8) is 0 Å². The number of imide groups is 2. The van der Waals surface area contributed by atoms with Gasteiger partial charge < -0.3 is 14.2 Å². The maximum absolute atomic E-state index is 13.1. The van der Waals surface area contributed by atoms with Crippen molar-refractivity contribution in [2.45, 2.75) is 19.9 Å². The van der Waals surface area contributed by atoms with Crippen LogP contribution in [-0.4, -0.2) is 43.1 Å². The molecular formula is C25H25ClN2O6. The molecule has 8 nitrogen and oxygen atoms in total. The molecule has 2 aromatic carbocycles. The van der Waals surface area contributed by atoms with Crippen LogP contribution in [0.25, 0.3) is 6.08 Å². The minimum Gasteiger partial charge on any atom is -0.493 e. The SMILES string of the molecule is C=CCOc1ccc(C=C2C(=O)NC(=O)N(Cc3ccc(OCCC)c(OC)c3)C2=O)cc1Cl. The third-order valence-electron chi connectivity index (χ3n) is 4.84. The van der Waals surface area contributed by atoms with Crippen molar-refractivity contribution in [3.05, 3.63) is 70.8 Å². The van der Waals surface area contributed by atoms with E-state index in [0.717, 1.165) is 11.3 Å². The van der Waals surface area contributed by atoms with E-state index >= 15 is 0 Å². The molecule has 0 unspecified atom stereocenters. The number of hydrogen-bond donors (Lipinski definition) is 1. The normalized spacial score (nSPS) is 14.7. The summed E-state index contributed by atoms with van der Waals surface area (Å²) >= 11 is 6.23. The highest BCUT2D eigenvalue weighted by Gasteiger charge is 2.35. The van der Waals surface area contributed by atoms with Gasteiger partial charge in [-0.3, -0.25) is 19.8 Å². The van der Waals surface area contributed by atoms with E-state index < -0.39 is 17.8 Å². The topological polar surface area (TPSA) is 94.2 Å². The summed E-state index contributed by atoms with van der Waals surface area (Å²) in [6.07, 6.45) is 3.80. The van der Waals surface area contributed by atoms with Gasteiger partial charge in [-0.2, -0.15) is 0 Å². The number of halogens is 1. The first-order valence-electron chi connectivity index (χ1n) is 10.6. The van der Waals surface area contributed by atoms with Crippen molar-refractivity contribution in [2.75, 3.05) is 20.3 Å². The van der Waals surface area contributed by atoms with Crippen LogP contribution < -0.4 is 19.5 Å². The van der Waals surface area contributed by atoms with Crippen molar-refractivity contribution in [1.29, 1.82) is 0 Å². The first-order valence-corrected chi connectivity index (χ1v) is 11.0. The Bertz CT molecular complexity index is 1140. The molecule has 0 radical (unpaired) electrons. The molecule has 9 heteroatoms. The van der Waals surface area contributed by atoms with Crippen LogP contribution in [0.3, 0.4) is 0 Å². The van der Waals surface area contributed by atoms with E-state index in [1.807, 2.05) is 6.92 Å². The van der Waals surface area contributed by atoms with E-state index in [1.165, 1.54) is 13.2 Å². The number of amides is 4. The van der Waals surface area contributed by atoms with Gasteiger partial charge in [0.15, 0.2) is 11.5 Å². The molecule has 1 heterocycles. The van der Waals surface area contributed by atoms with Crippen LogP contribution in [0.4, 0.5) is 4.79 Å². The molecule has 0 bridgehead atoms. The number of carbonyl (C=O) groups excluding carboxylic acids is 3. The zero-order chi connectivity index (χ0) is 24.7. The summed E-state index contributed by atoms with van der Waals surface area (Å²) in [5.74, 6) is -0.00983. The van der Waals surface area contributed by atoms with E-state index in [1.54, 1.807) is 42.5 Å². The number of urea groups is 1. The summed E-state index contributed by atoms with van der Waals surface area (Å²) in [6, 6.07) is 9.18. The summed E-state index contributed by atoms with van der Waals surface area (Å²) in [5, 5.41) is 2.52. The second-order valence-electron chi connectivity index (χ2n) is 7.33. The molecule has 0 aliphatic carbocycles. The Morgan fingerprint density at radius 1 is 1.06 bits per heavy atom. The summed E-state index contributed by atoms with van der Waals surface area (Å²) in [6.45, 7) is 6.33. The fraction of sp³-hybridized carbons (Fsp3) is 0.240. The average Bonchev–Trinajstić information content (AvgIpc) is 2.82. The lowest BCUT2D eigenvalue weighted by atomic mass is 10.1. The van der Waals surface area contributed by atoms with Crippen LogP contribution >= 0.6 is 11.6 Å². The first kappa shape index (κ1) is 24.9. The summed E-state index contributed by atoms with van der Waals surface area (Å²) in [5.41, 5.74) is 0.942. The van der Waals surface area contributed by atoms with Gasteiger partial charge in [0.05, 0.1) is 25.3 Å². The van der Waals surface area contributed by atoms with Crippen LogP contribution in [0, 0.1) is 0 Å². The van der Waals surface area contributed by atoms with Crippen LogP contribution in [0.1, 0.15) is 24.5 Å². The molecule has 4 amide bonds. The monoisotopic (exact) mass is 484 g/mol. The van der Waals surface area contributed by atoms with Crippen molar-refractivity contribution in [3.8, 4) is 17.2 Å². The smallest absolute Gasteiger partial charge is 0.331 e. The molecular weight excluding hydrogens is 460 g/mol. The largest absolute Gasteiger partial charge is 0.493 e. The van der Waals surface area contributed by atoms with Crippen LogP contribution in [0.15, 0.2) is 54.6 Å². The quantitative estimate of drug-likeness (QED) is 0.306. The fourth-order valence-electron chi connectivity index (χ4n) is 3.20. The fourth-order valence-corrected chi connectivity index (χ4v) is 3.44. The molecule has 34 heavy (non-hydrogen) atoms. The van der Waals surface area contributed by atoms with Crippen LogP contribution in [-0.2, 0) is 16.1 Å². The molecule has 1 aliphatic heterocycles. The van der Waals surface area contributed by atoms with Crippen molar-refractivity contribution >= 4 is 35.5 Å². The molecule has 2 aromatic rings. The number of hydrogen-bond acceptors (Lipinski definition) is 6. The Kier molecular flexibility index (Phi) is 8.32. The van der Waals surface area contributed by atoms with E-state index in [-0.39, 0.29) is 18.7 Å². The first-order chi connectivity index (χ1) is 16.4. The van der Waals surface area contributed by atoms with Gasteiger partial charge >= 0.3 is 6.03 Å². The zero-order valence-corrected chi connectivity index (χ0v) is 19.7. The number of methoxy groups -OCH3 is 1. The number of ether oxygens (including phenoxy) is 3. The van der Waals surface area contributed by atoms with Gasteiger partial charge in [-0.15, -0.1) is 0 Å². The highest BCUT2D eigenvalue weighted by molar-refractivity contribution is 6.33. The van der Waals surface area contributed by atoms with Gasteiger partial charge in [-0.25, -0.2) is 4.79 Å². The highest BCUT2D eigenvalue weighted by Crippen LogP contribution is 2.30. The lowest BCUT2D eigenvalue weighted by Gasteiger charge is -2.26. The molecule has 3 rings (SSSR count). The Balaban J connectivity index is 1.83. The number of benzene rings is 2. The van der Waals surface area contributed by atoms with Gasteiger partial charge in [0.1, 0.15) is 17.9 Å². The van der Waals surface area contributed by atoms with Crippen LogP contribution in [0.5, 0.6) is 17.2 Å². The van der Waals surface area contributed by atoms with Crippen molar-refractivity contribution < 1.29 is 28.6 Å². The lowest BCUT2D eigenvalue weighted by Crippen LogP contribution is -2.53. The Morgan fingerprint density at radius 2 is 1.82 bits per heavy atom. The molecule has 0 atom stereocenters. The molecule has 1 saturated heterocycles. The summed E-state index contributed by atoms with van der Waals surface area (Å²) in [4.78, 5) is 38.8. The van der Waals surface area contributed by atoms with Gasteiger partial charge in [-0.05, 0) is 47.9 Å². The van der Waals surface area contributed by atoms with Gasteiger partial charge in [0.25, 0.3) is 11.8 Å². The average molecular weight is 485 g/mol. The number of barbiturate groups is 1. The number of nitrogens with zero attached hydrogens (tertiary/aromatic N) is 1. The van der Waals surface area contributed by atoms with Crippen molar-refractivity contribution in [2.24, 2.45) is 0 Å². The molecule has 178 valence electrons. The van der Waals surface area contributed by atoms with Gasteiger partial charge in [0.2, 0.25) is 0 Å². The lowest BCUT2D eigenvalue weighted by molar-refractivity contribution is -0.130. The molecule has 1 N–H and O–H groups in total. The standard InChI is InChI=1S/C25H25ClN2O6/c1-4-10-33-20-8-6-16(13-19(20)26)12-18-23(29)27-25(31)28(24(18)30)15-17-7-9-21(34-11-5-2)22(14-17)32-3/h4,6-9,12-14H,1,5,10-11,15H2,2-3H3,(H,27,29,31). The number of rotatable bonds is 10. The second-order valence-corrected chi connectivity index (χ2v) is 7.74. The van der Waals surface area contributed by atoms with Crippen molar-refractivity contribution in [1.82, 2.24) is 10.2 Å². The molecule has 1 fully saturated rings. The van der Waals surface area contributed by atoms with E-state index in [9.17, 15) is 14.4 Å². The minimum absolute atomic E-state index is 0.0607. The molecule has 0 saturated carbocycles. The third-order valence-corrected chi connectivity index (χ3v) is 5.14. The maximum Gasteiger partial charge on any atom is 0.331 e. The molecule has 0 aromatic heterocycles. The number of nitrogens with one attached hydrogen (secondary N) is 1. The van der Waals surface area contributed by atoms with Gasteiger partial charge in [-0.1, -0.05) is 43.3 Å². The predicted octanol–water partition coefficient (Wildman–Crippen LogP) is 4.36. The summed E-state index contributed by atoms with van der Waals surface area (Å²) in [7, 11) is 1.51. The van der Waals surface area contributed by atoms with E-state index in [4.69, 9.17) is 25.8 Å². The third kappa shape index (κ3) is 5.77. The van der Waals surface area contributed by atoms with Crippen LogP contribution in [0.2, 0.25) is 5.02 Å². The second kappa shape index (κ2) is 11.4. The van der Waals surface area contributed by atoms with E-state index in [0.29, 0.717) is 40.0 Å². The Labute approximate surface area is 202 Å². The highest BCUT2D eigenvalue weighted by atomic mass is 35.5. The maximum atomic E-state index is 13.1. The zero-order valence-electron chi connectivity index (χ0n) is 18.9. The van der Waals surface area contributed by atoms with E-state index in [2.05, 4.69) is 11.9 Å². The molecule has 0 spiro atoms. The Morgan fingerprint density at radius 3 is 2.50 bits per heavy atom. The van der Waals surface area contributed by atoms with Gasteiger partial charge in [0, 0.05) is 0 Å². The molecule has 1 aliphatic rings. The summed E-state index contributed by atoms with van der Waals surface area (Å²) < 4.78 is 16.4.